The summed E-state index contributed by atoms with van der Waals surface area (Å²) in [5, 5.41) is 4.20. The molecule has 2 aromatic rings. The fourth-order valence-corrected chi connectivity index (χ4v) is 4.46. The lowest BCUT2D eigenvalue weighted by Gasteiger charge is -2.24. The standard InChI is InChI=1S/C20H24N4O3S/c1-23-14-12-17(13-15-23)21-22-20(25)16-24(18-8-4-2-5-9-18)28(26,27)19-10-6-3-7-11-19/h2-11H,12-16H2,1H3,(H,22,25)/p+1. The summed E-state index contributed by atoms with van der Waals surface area (Å²) < 4.78 is 27.3. The molecule has 8 heteroatoms. The van der Waals surface area contributed by atoms with Gasteiger partial charge in [0.25, 0.3) is 15.9 Å². The number of nitrogens with one attached hydrogen (secondary N) is 2. The van der Waals surface area contributed by atoms with Crippen molar-refractivity contribution in [2.24, 2.45) is 5.10 Å². The molecular weight excluding hydrogens is 376 g/mol. The molecule has 28 heavy (non-hydrogen) atoms. The van der Waals surface area contributed by atoms with E-state index in [1.165, 1.54) is 17.0 Å². The molecule has 0 saturated carbocycles. The van der Waals surface area contributed by atoms with E-state index in [9.17, 15) is 13.2 Å². The van der Waals surface area contributed by atoms with Crippen LogP contribution in [0.4, 0.5) is 5.69 Å². The van der Waals surface area contributed by atoms with Gasteiger partial charge in [0, 0.05) is 18.6 Å². The Hall–Kier alpha value is -2.71. The Balaban J connectivity index is 1.79. The van der Waals surface area contributed by atoms with Crippen molar-refractivity contribution in [3.63, 3.8) is 0 Å². The molecule has 1 saturated heterocycles. The zero-order valence-corrected chi connectivity index (χ0v) is 16.7. The van der Waals surface area contributed by atoms with Gasteiger partial charge in [0.15, 0.2) is 0 Å². The number of anilines is 1. The molecule has 0 atom stereocenters. The summed E-state index contributed by atoms with van der Waals surface area (Å²) in [5.74, 6) is -0.470. The molecule has 1 aliphatic rings. The molecule has 2 N–H and O–H groups in total. The SMILES string of the molecule is C[NH+]1CCC(=NNC(=O)CN(c2ccccc2)S(=O)(=O)c2ccccc2)CC1. The highest BCUT2D eigenvalue weighted by molar-refractivity contribution is 7.92. The Morgan fingerprint density at radius 3 is 2.21 bits per heavy atom. The van der Waals surface area contributed by atoms with Crippen LogP contribution in [0.25, 0.3) is 0 Å². The van der Waals surface area contributed by atoms with Gasteiger partial charge in [0.2, 0.25) is 0 Å². The molecule has 0 aliphatic carbocycles. The monoisotopic (exact) mass is 401 g/mol. The average molecular weight is 402 g/mol. The van der Waals surface area contributed by atoms with Crippen LogP contribution in [-0.4, -0.2) is 46.7 Å². The molecular formula is C20H25N4O3S+. The lowest BCUT2D eigenvalue weighted by Crippen LogP contribution is -3.10. The first kappa shape index (κ1) is 20.0. The van der Waals surface area contributed by atoms with E-state index in [2.05, 4.69) is 17.6 Å². The van der Waals surface area contributed by atoms with Gasteiger partial charge in [-0.3, -0.25) is 9.10 Å². The van der Waals surface area contributed by atoms with E-state index in [-0.39, 0.29) is 11.4 Å². The number of para-hydroxylation sites is 1. The summed E-state index contributed by atoms with van der Waals surface area (Å²) in [5.41, 5.74) is 3.89. The predicted octanol–water partition coefficient (Wildman–Crippen LogP) is 0.663. The van der Waals surface area contributed by atoms with Crippen molar-refractivity contribution in [1.29, 1.82) is 0 Å². The minimum Gasteiger partial charge on any atom is -0.337 e. The molecule has 0 bridgehead atoms. The van der Waals surface area contributed by atoms with Crippen molar-refractivity contribution in [3.05, 3.63) is 60.7 Å². The van der Waals surface area contributed by atoms with E-state index in [4.69, 9.17) is 0 Å². The third kappa shape index (κ3) is 4.96. The summed E-state index contributed by atoms with van der Waals surface area (Å²) in [6.45, 7) is 1.61. The number of hydrogen-bond acceptors (Lipinski definition) is 4. The number of benzene rings is 2. The smallest absolute Gasteiger partial charge is 0.264 e. The largest absolute Gasteiger partial charge is 0.337 e. The van der Waals surface area contributed by atoms with Gasteiger partial charge >= 0.3 is 0 Å². The van der Waals surface area contributed by atoms with Crippen LogP contribution in [0.3, 0.4) is 0 Å². The van der Waals surface area contributed by atoms with E-state index in [1.807, 2.05) is 0 Å². The average Bonchev–Trinajstić information content (AvgIpc) is 2.73. The Kier molecular flexibility index (Phi) is 6.43. The summed E-state index contributed by atoms with van der Waals surface area (Å²) in [7, 11) is -1.75. The second kappa shape index (κ2) is 8.99. The van der Waals surface area contributed by atoms with Gasteiger partial charge in [-0.1, -0.05) is 36.4 Å². The minimum absolute atomic E-state index is 0.135. The molecule has 0 spiro atoms. The molecule has 1 aliphatic heterocycles. The van der Waals surface area contributed by atoms with Crippen molar-refractivity contribution in [2.75, 3.05) is 31.0 Å². The normalized spacial score (nSPS) is 17.0. The summed E-state index contributed by atoms with van der Waals surface area (Å²) >= 11 is 0. The number of hydrogen-bond donors (Lipinski definition) is 2. The van der Waals surface area contributed by atoms with Gasteiger partial charge in [-0.2, -0.15) is 5.10 Å². The van der Waals surface area contributed by atoms with Crippen molar-refractivity contribution < 1.29 is 18.1 Å². The maximum atomic E-state index is 13.1. The molecule has 0 unspecified atom stereocenters. The van der Waals surface area contributed by atoms with Gasteiger partial charge in [-0.15, -0.1) is 0 Å². The van der Waals surface area contributed by atoms with E-state index in [0.29, 0.717) is 5.69 Å². The first-order valence-electron chi connectivity index (χ1n) is 9.25. The predicted molar refractivity (Wildman–Crippen MR) is 109 cm³/mol. The topological polar surface area (TPSA) is 83.3 Å². The third-order valence-electron chi connectivity index (χ3n) is 4.68. The molecule has 2 aromatic carbocycles. The highest BCUT2D eigenvalue weighted by atomic mass is 32.2. The Morgan fingerprint density at radius 2 is 1.61 bits per heavy atom. The van der Waals surface area contributed by atoms with Gasteiger partial charge in [0.05, 0.1) is 30.7 Å². The van der Waals surface area contributed by atoms with Crippen molar-refractivity contribution >= 4 is 27.3 Å². The Bertz CT molecular complexity index is 920. The minimum atomic E-state index is -3.88. The van der Waals surface area contributed by atoms with E-state index in [1.54, 1.807) is 48.5 Å². The first-order chi connectivity index (χ1) is 13.5. The van der Waals surface area contributed by atoms with Crippen LogP contribution in [-0.2, 0) is 14.8 Å². The fraction of sp³-hybridized carbons (Fsp3) is 0.300. The number of carbonyl (C=O) groups is 1. The number of rotatable bonds is 6. The van der Waals surface area contributed by atoms with Crippen molar-refractivity contribution in [2.45, 2.75) is 17.7 Å². The molecule has 3 rings (SSSR count). The molecule has 7 nitrogen and oxygen atoms in total. The first-order valence-corrected chi connectivity index (χ1v) is 10.7. The van der Waals surface area contributed by atoms with Crippen LogP contribution in [0.2, 0.25) is 0 Å². The lowest BCUT2D eigenvalue weighted by atomic mass is 10.1. The molecule has 0 radical (unpaired) electrons. The van der Waals surface area contributed by atoms with Gasteiger partial charge in [0.1, 0.15) is 6.54 Å². The number of piperidine rings is 1. The highest BCUT2D eigenvalue weighted by Crippen LogP contribution is 2.23. The number of likely N-dealkylation sites (tertiary alicyclic amines) is 1. The molecule has 0 aromatic heterocycles. The van der Waals surface area contributed by atoms with Crippen LogP contribution in [0.15, 0.2) is 70.7 Å². The maximum absolute atomic E-state index is 13.1. The molecule has 148 valence electrons. The number of hydrazone groups is 1. The quantitative estimate of drug-likeness (QED) is 0.698. The van der Waals surface area contributed by atoms with Crippen LogP contribution in [0.1, 0.15) is 12.8 Å². The van der Waals surface area contributed by atoms with Crippen LogP contribution < -0.4 is 14.6 Å². The van der Waals surface area contributed by atoms with E-state index < -0.39 is 15.9 Å². The molecule has 1 heterocycles. The second-order valence-electron chi connectivity index (χ2n) is 6.83. The van der Waals surface area contributed by atoms with E-state index >= 15 is 0 Å². The number of sulfonamides is 1. The number of carbonyl (C=O) groups excluding carboxylic acids is 1. The summed E-state index contributed by atoms with van der Waals surface area (Å²) in [6.07, 6.45) is 1.66. The van der Waals surface area contributed by atoms with Gasteiger partial charge in [-0.25, -0.2) is 13.8 Å². The van der Waals surface area contributed by atoms with E-state index in [0.717, 1.165) is 35.9 Å². The van der Waals surface area contributed by atoms with Gasteiger partial charge < -0.3 is 4.90 Å². The lowest BCUT2D eigenvalue weighted by molar-refractivity contribution is -0.880. The fourth-order valence-electron chi connectivity index (χ4n) is 3.01. The zero-order valence-electron chi connectivity index (χ0n) is 15.8. The number of amides is 1. The van der Waals surface area contributed by atoms with Crippen LogP contribution in [0, 0.1) is 0 Å². The summed E-state index contributed by atoms with van der Waals surface area (Å²) in [4.78, 5) is 14.1. The van der Waals surface area contributed by atoms with Gasteiger partial charge in [-0.05, 0) is 24.3 Å². The third-order valence-corrected chi connectivity index (χ3v) is 6.47. The van der Waals surface area contributed by atoms with Crippen LogP contribution in [0.5, 0.6) is 0 Å². The van der Waals surface area contributed by atoms with Crippen molar-refractivity contribution in [3.8, 4) is 0 Å². The maximum Gasteiger partial charge on any atom is 0.264 e. The second-order valence-corrected chi connectivity index (χ2v) is 8.69. The van der Waals surface area contributed by atoms with Crippen molar-refractivity contribution in [1.82, 2.24) is 5.43 Å². The molecule has 1 amide bonds. The Morgan fingerprint density at radius 1 is 1.04 bits per heavy atom. The zero-order chi connectivity index (χ0) is 20.0. The van der Waals surface area contributed by atoms with Crippen LogP contribution >= 0.6 is 0 Å². The number of nitrogens with zero attached hydrogens (tertiary/aromatic N) is 2. The highest BCUT2D eigenvalue weighted by Gasteiger charge is 2.27. The molecule has 1 fully saturated rings. The number of quaternary nitrogens is 1. The Labute approximate surface area is 165 Å². The summed E-state index contributed by atoms with van der Waals surface area (Å²) in [6, 6.07) is 16.7.